The summed E-state index contributed by atoms with van der Waals surface area (Å²) in [6.07, 6.45) is 3.67. The molecule has 0 fully saturated rings. The summed E-state index contributed by atoms with van der Waals surface area (Å²) in [5, 5.41) is 8.63. The Balaban J connectivity index is 2.46. The number of pyridine rings is 1. The van der Waals surface area contributed by atoms with Crippen LogP contribution < -0.4 is 0 Å². The molecule has 0 bridgehead atoms. The summed E-state index contributed by atoms with van der Waals surface area (Å²) in [6.45, 7) is 1.90. The van der Waals surface area contributed by atoms with Gasteiger partial charge in [0.2, 0.25) is 0 Å². The molecule has 0 spiro atoms. The van der Waals surface area contributed by atoms with Crippen LogP contribution in [-0.2, 0) is 6.42 Å². The van der Waals surface area contributed by atoms with Crippen molar-refractivity contribution in [2.45, 2.75) is 13.3 Å². The van der Waals surface area contributed by atoms with E-state index in [1.54, 1.807) is 12.4 Å². The van der Waals surface area contributed by atoms with Gasteiger partial charge in [-0.2, -0.15) is 5.26 Å². The first-order valence-electron chi connectivity index (χ1n) is 4.91. The zero-order chi connectivity index (χ0) is 11.4. The van der Waals surface area contributed by atoms with Gasteiger partial charge < -0.3 is 0 Å². The molecule has 2 aromatic heterocycles. The lowest BCUT2D eigenvalue weighted by Crippen LogP contribution is -1.98. The van der Waals surface area contributed by atoms with Gasteiger partial charge in [0.25, 0.3) is 0 Å². The Kier molecular flexibility index (Phi) is 2.88. The fourth-order valence-electron chi connectivity index (χ4n) is 1.45. The maximum absolute atomic E-state index is 8.63. The molecule has 2 aromatic rings. The summed E-state index contributed by atoms with van der Waals surface area (Å²) in [7, 11) is 0. The SMILES string of the molecule is Cc1cc(-c2ccncc2)nc(CC#N)n1. The quantitative estimate of drug-likeness (QED) is 0.759. The summed E-state index contributed by atoms with van der Waals surface area (Å²) < 4.78 is 0. The van der Waals surface area contributed by atoms with Gasteiger partial charge in [-0.15, -0.1) is 0 Å². The average Bonchev–Trinajstić information content (AvgIpc) is 2.30. The molecule has 2 heterocycles. The molecule has 0 amide bonds. The number of rotatable bonds is 2. The van der Waals surface area contributed by atoms with Crippen molar-refractivity contribution in [3.05, 3.63) is 42.1 Å². The summed E-state index contributed by atoms with van der Waals surface area (Å²) >= 11 is 0. The maximum Gasteiger partial charge on any atom is 0.143 e. The van der Waals surface area contributed by atoms with Crippen molar-refractivity contribution in [3.8, 4) is 17.3 Å². The van der Waals surface area contributed by atoms with Crippen molar-refractivity contribution >= 4 is 0 Å². The normalized spacial score (nSPS) is 9.75. The van der Waals surface area contributed by atoms with Gasteiger partial charge in [0, 0.05) is 23.7 Å². The lowest BCUT2D eigenvalue weighted by molar-refractivity contribution is 0.968. The number of hydrogen-bond donors (Lipinski definition) is 0. The molecule has 2 rings (SSSR count). The van der Waals surface area contributed by atoms with Crippen LogP contribution in [0.4, 0.5) is 0 Å². The first-order valence-corrected chi connectivity index (χ1v) is 4.91. The fraction of sp³-hybridized carbons (Fsp3) is 0.167. The minimum atomic E-state index is 0.236. The fourth-order valence-corrected chi connectivity index (χ4v) is 1.45. The summed E-state index contributed by atoms with van der Waals surface area (Å²) in [5.74, 6) is 0.564. The van der Waals surface area contributed by atoms with E-state index in [0.717, 1.165) is 17.0 Å². The van der Waals surface area contributed by atoms with Crippen LogP contribution >= 0.6 is 0 Å². The number of nitrogens with zero attached hydrogens (tertiary/aromatic N) is 4. The highest BCUT2D eigenvalue weighted by atomic mass is 14.9. The standard InChI is InChI=1S/C12H10N4/c1-9-8-11(10-3-6-14-7-4-10)16-12(15-9)2-5-13/h3-4,6-8H,2H2,1H3. The molecule has 4 nitrogen and oxygen atoms in total. The van der Waals surface area contributed by atoms with Crippen LogP contribution in [-0.4, -0.2) is 15.0 Å². The smallest absolute Gasteiger partial charge is 0.143 e. The second-order valence-corrected chi connectivity index (χ2v) is 3.38. The van der Waals surface area contributed by atoms with Gasteiger partial charge in [0.05, 0.1) is 18.2 Å². The molecule has 16 heavy (non-hydrogen) atoms. The van der Waals surface area contributed by atoms with Gasteiger partial charge in [-0.3, -0.25) is 4.98 Å². The lowest BCUT2D eigenvalue weighted by Gasteiger charge is -2.03. The topological polar surface area (TPSA) is 62.5 Å². The average molecular weight is 210 g/mol. The van der Waals surface area contributed by atoms with Gasteiger partial charge in [-0.05, 0) is 25.1 Å². The third-order valence-corrected chi connectivity index (χ3v) is 2.11. The van der Waals surface area contributed by atoms with E-state index in [2.05, 4.69) is 21.0 Å². The van der Waals surface area contributed by atoms with Crippen LogP contribution in [0.25, 0.3) is 11.3 Å². The molecule has 0 aliphatic heterocycles. The van der Waals surface area contributed by atoms with E-state index < -0.39 is 0 Å². The minimum absolute atomic E-state index is 0.236. The van der Waals surface area contributed by atoms with Gasteiger partial charge >= 0.3 is 0 Å². The molecule has 0 unspecified atom stereocenters. The van der Waals surface area contributed by atoms with Crippen LogP contribution in [0.15, 0.2) is 30.6 Å². The lowest BCUT2D eigenvalue weighted by atomic mass is 10.2. The highest BCUT2D eigenvalue weighted by Crippen LogP contribution is 2.16. The Hall–Kier alpha value is -2.28. The predicted molar refractivity (Wildman–Crippen MR) is 59.3 cm³/mol. The molecule has 0 saturated carbocycles. The van der Waals surface area contributed by atoms with Crippen molar-refractivity contribution in [2.75, 3.05) is 0 Å². The van der Waals surface area contributed by atoms with E-state index in [4.69, 9.17) is 5.26 Å². The van der Waals surface area contributed by atoms with E-state index in [0.29, 0.717) is 5.82 Å². The van der Waals surface area contributed by atoms with Crippen molar-refractivity contribution in [1.82, 2.24) is 15.0 Å². The van der Waals surface area contributed by atoms with Gasteiger partial charge in [-0.25, -0.2) is 9.97 Å². The van der Waals surface area contributed by atoms with Crippen LogP contribution in [0.1, 0.15) is 11.5 Å². The largest absolute Gasteiger partial charge is 0.265 e. The Bertz CT molecular complexity index is 528. The monoisotopic (exact) mass is 210 g/mol. The molecule has 0 atom stereocenters. The highest BCUT2D eigenvalue weighted by molar-refractivity contribution is 5.58. The first-order chi connectivity index (χ1) is 7.79. The zero-order valence-corrected chi connectivity index (χ0v) is 8.88. The molecule has 78 valence electrons. The molecule has 0 radical (unpaired) electrons. The summed E-state index contributed by atoms with van der Waals surface area (Å²) in [4.78, 5) is 12.5. The van der Waals surface area contributed by atoms with Crippen molar-refractivity contribution < 1.29 is 0 Å². The third kappa shape index (κ3) is 2.20. The number of aryl methyl sites for hydroxylation is 1. The first kappa shape index (κ1) is 10.2. The molecule has 0 saturated heterocycles. The minimum Gasteiger partial charge on any atom is -0.265 e. The van der Waals surface area contributed by atoms with E-state index in [1.807, 2.05) is 25.1 Å². The number of nitriles is 1. The molecular formula is C12H10N4. The van der Waals surface area contributed by atoms with Crippen LogP contribution in [0.5, 0.6) is 0 Å². The predicted octanol–water partition coefficient (Wildman–Crippen LogP) is 1.91. The van der Waals surface area contributed by atoms with E-state index >= 15 is 0 Å². The van der Waals surface area contributed by atoms with Crippen molar-refractivity contribution in [3.63, 3.8) is 0 Å². The Morgan fingerprint density at radius 1 is 1.25 bits per heavy atom. The van der Waals surface area contributed by atoms with E-state index in [9.17, 15) is 0 Å². The van der Waals surface area contributed by atoms with Crippen LogP contribution in [0.3, 0.4) is 0 Å². The van der Waals surface area contributed by atoms with Gasteiger partial charge in [0.1, 0.15) is 5.82 Å². The van der Waals surface area contributed by atoms with Gasteiger partial charge in [-0.1, -0.05) is 0 Å². The van der Waals surface area contributed by atoms with E-state index in [-0.39, 0.29) is 6.42 Å². The number of hydrogen-bond acceptors (Lipinski definition) is 4. The second kappa shape index (κ2) is 4.49. The zero-order valence-electron chi connectivity index (χ0n) is 8.88. The third-order valence-electron chi connectivity index (χ3n) is 2.11. The molecule has 0 aromatic carbocycles. The van der Waals surface area contributed by atoms with Gasteiger partial charge in [0.15, 0.2) is 0 Å². The second-order valence-electron chi connectivity index (χ2n) is 3.38. The molecule has 0 N–H and O–H groups in total. The van der Waals surface area contributed by atoms with Crippen LogP contribution in [0.2, 0.25) is 0 Å². The van der Waals surface area contributed by atoms with Crippen molar-refractivity contribution in [2.24, 2.45) is 0 Å². The summed E-state index contributed by atoms with van der Waals surface area (Å²) in [5.41, 5.74) is 2.69. The van der Waals surface area contributed by atoms with E-state index in [1.165, 1.54) is 0 Å². The van der Waals surface area contributed by atoms with Crippen LogP contribution in [0, 0.1) is 18.3 Å². The Labute approximate surface area is 93.6 Å². The number of aromatic nitrogens is 3. The Morgan fingerprint density at radius 2 is 2.00 bits per heavy atom. The molecule has 4 heteroatoms. The molecule has 0 aliphatic rings. The highest BCUT2D eigenvalue weighted by Gasteiger charge is 2.03. The molecule has 0 aliphatic carbocycles. The molecular weight excluding hydrogens is 200 g/mol. The maximum atomic E-state index is 8.63. The summed E-state index contributed by atoms with van der Waals surface area (Å²) in [6, 6.07) is 7.73. The van der Waals surface area contributed by atoms with Crippen molar-refractivity contribution in [1.29, 1.82) is 5.26 Å². The Morgan fingerprint density at radius 3 is 2.69 bits per heavy atom.